The maximum Gasteiger partial charge on any atom is 0.308 e. The fourth-order valence-electron chi connectivity index (χ4n) is 1.00. The molecule has 0 bridgehead atoms. The number of hydrogen-bond acceptors (Lipinski definition) is 4. The summed E-state index contributed by atoms with van der Waals surface area (Å²) in [5.41, 5.74) is 0. The SMILES string of the molecule is COC(=O)C[C@H](O)C1CNC1. The number of carbonyl (C=O) groups excluding carboxylic acids is 1. The third-order valence-corrected chi connectivity index (χ3v) is 1.96. The Hall–Kier alpha value is -0.610. The maximum atomic E-state index is 10.7. The molecule has 0 spiro atoms. The molecule has 0 radical (unpaired) electrons. The van der Waals surface area contributed by atoms with Gasteiger partial charge < -0.3 is 15.2 Å². The molecule has 64 valence electrons. The minimum atomic E-state index is -0.538. The Labute approximate surface area is 65.5 Å². The summed E-state index contributed by atoms with van der Waals surface area (Å²) in [5.74, 6) is -0.113. The van der Waals surface area contributed by atoms with E-state index in [9.17, 15) is 9.90 Å². The molecule has 1 heterocycles. The van der Waals surface area contributed by atoms with Crippen LogP contribution in [0.25, 0.3) is 0 Å². The van der Waals surface area contributed by atoms with Crippen LogP contribution >= 0.6 is 0 Å². The van der Waals surface area contributed by atoms with Crippen LogP contribution in [0.5, 0.6) is 0 Å². The minimum absolute atomic E-state index is 0.114. The standard InChI is InChI=1S/C7H13NO3/c1-11-7(10)2-6(9)5-3-8-4-5/h5-6,8-9H,2-4H2,1H3/t6-/m0/s1. The fourth-order valence-corrected chi connectivity index (χ4v) is 1.00. The molecule has 1 saturated heterocycles. The van der Waals surface area contributed by atoms with Gasteiger partial charge in [-0.2, -0.15) is 0 Å². The molecule has 0 aromatic carbocycles. The lowest BCUT2D eigenvalue weighted by Gasteiger charge is -2.30. The summed E-state index contributed by atoms with van der Waals surface area (Å²) >= 11 is 0. The van der Waals surface area contributed by atoms with E-state index in [1.807, 2.05) is 0 Å². The first-order valence-corrected chi connectivity index (χ1v) is 3.69. The topological polar surface area (TPSA) is 58.6 Å². The molecule has 0 aliphatic carbocycles. The predicted octanol–water partition coefficient (Wildman–Crippen LogP) is -0.870. The van der Waals surface area contributed by atoms with Gasteiger partial charge in [-0.05, 0) is 0 Å². The number of aliphatic hydroxyl groups excluding tert-OH is 1. The zero-order chi connectivity index (χ0) is 8.27. The smallest absolute Gasteiger partial charge is 0.308 e. The van der Waals surface area contributed by atoms with Crippen molar-refractivity contribution in [2.75, 3.05) is 20.2 Å². The molecular formula is C7H13NO3. The number of nitrogens with one attached hydrogen (secondary N) is 1. The number of aliphatic hydroxyl groups is 1. The largest absolute Gasteiger partial charge is 0.469 e. The summed E-state index contributed by atoms with van der Waals surface area (Å²) in [6, 6.07) is 0. The molecule has 0 aromatic heterocycles. The van der Waals surface area contributed by atoms with E-state index >= 15 is 0 Å². The Morgan fingerprint density at radius 1 is 1.82 bits per heavy atom. The van der Waals surface area contributed by atoms with Crippen LogP contribution in [0.4, 0.5) is 0 Å². The molecule has 1 fully saturated rings. The molecule has 1 atom stereocenters. The van der Waals surface area contributed by atoms with Crippen LogP contribution < -0.4 is 5.32 Å². The zero-order valence-electron chi connectivity index (χ0n) is 6.54. The van der Waals surface area contributed by atoms with Gasteiger partial charge in [0.05, 0.1) is 19.6 Å². The van der Waals surface area contributed by atoms with Gasteiger partial charge in [-0.15, -0.1) is 0 Å². The van der Waals surface area contributed by atoms with Crippen molar-refractivity contribution < 1.29 is 14.6 Å². The van der Waals surface area contributed by atoms with E-state index in [0.717, 1.165) is 13.1 Å². The summed E-state index contributed by atoms with van der Waals surface area (Å²) in [6.45, 7) is 1.61. The summed E-state index contributed by atoms with van der Waals surface area (Å²) in [4.78, 5) is 10.7. The fraction of sp³-hybridized carbons (Fsp3) is 0.857. The van der Waals surface area contributed by atoms with Gasteiger partial charge in [0.2, 0.25) is 0 Å². The Kier molecular flexibility index (Phi) is 2.84. The van der Waals surface area contributed by atoms with Crippen molar-refractivity contribution in [1.82, 2.24) is 5.32 Å². The summed E-state index contributed by atoms with van der Waals surface area (Å²) in [7, 11) is 1.33. The van der Waals surface area contributed by atoms with Gasteiger partial charge in [0, 0.05) is 19.0 Å². The highest BCUT2D eigenvalue weighted by molar-refractivity contribution is 5.69. The molecule has 4 heteroatoms. The molecule has 0 saturated carbocycles. The van der Waals surface area contributed by atoms with Gasteiger partial charge in [0.15, 0.2) is 0 Å². The first-order valence-electron chi connectivity index (χ1n) is 3.69. The summed E-state index contributed by atoms with van der Waals surface area (Å²) < 4.78 is 4.42. The van der Waals surface area contributed by atoms with E-state index in [0.29, 0.717) is 0 Å². The van der Waals surface area contributed by atoms with Crippen LogP contribution in [0.2, 0.25) is 0 Å². The normalized spacial score (nSPS) is 20.5. The molecule has 0 unspecified atom stereocenters. The number of rotatable bonds is 3. The third-order valence-electron chi connectivity index (χ3n) is 1.96. The van der Waals surface area contributed by atoms with Crippen LogP contribution in [-0.2, 0) is 9.53 Å². The van der Waals surface area contributed by atoms with Crippen LogP contribution in [-0.4, -0.2) is 37.4 Å². The number of hydrogen-bond donors (Lipinski definition) is 2. The molecule has 2 N–H and O–H groups in total. The van der Waals surface area contributed by atoms with Crippen molar-refractivity contribution in [1.29, 1.82) is 0 Å². The third kappa shape index (κ3) is 2.17. The van der Waals surface area contributed by atoms with Crippen LogP contribution in [0, 0.1) is 5.92 Å². The molecular weight excluding hydrogens is 146 g/mol. The number of carbonyl (C=O) groups is 1. The van der Waals surface area contributed by atoms with E-state index in [1.54, 1.807) is 0 Å². The lowest BCUT2D eigenvalue weighted by Crippen LogP contribution is -2.49. The second-order valence-corrected chi connectivity index (χ2v) is 2.77. The van der Waals surface area contributed by atoms with Crippen LogP contribution in [0.15, 0.2) is 0 Å². The van der Waals surface area contributed by atoms with Gasteiger partial charge in [0.1, 0.15) is 0 Å². The average molecular weight is 159 g/mol. The van der Waals surface area contributed by atoms with Crippen molar-refractivity contribution in [2.45, 2.75) is 12.5 Å². The van der Waals surface area contributed by atoms with Gasteiger partial charge in [-0.25, -0.2) is 0 Å². The van der Waals surface area contributed by atoms with Crippen molar-refractivity contribution in [3.63, 3.8) is 0 Å². The monoisotopic (exact) mass is 159 g/mol. The van der Waals surface area contributed by atoms with Gasteiger partial charge in [-0.3, -0.25) is 4.79 Å². The number of ether oxygens (including phenoxy) is 1. The van der Waals surface area contributed by atoms with E-state index in [2.05, 4.69) is 10.1 Å². The molecule has 1 aliphatic rings. The first kappa shape index (κ1) is 8.49. The lowest BCUT2D eigenvalue weighted by molar-refractivity contribution is -0.143. The summed E-state index contributed by atoms with van der Waals surface area (Å²) in [6.07, 6.45) is -0.424. The molecule has 0 amide bonds. The average Bonchev–Trinajstić information content (AvgIpc) is 1.83. The second-order valence-electron chi connectivity index (χ2n) is 2.77. The van der Waals surface area contributed by atoms with Crippen LogP contribution in [0.1, 0.15) is 6.42 Å². The Morgan fingerprint density at radius 2 is 2.45 bits per heavy atom. The van der Waals surface area contributed by atoms with Gasteiger partial charge in [0.25, 0.3) is 0 Å². The van der Waals surface area contributed by atoms with E-state index < -0.39 is 6.10 Å². The summed E-state index contributed by atoms with van der Waals surface area (Å²) in [5, 5.41) is 12.4. The molecule has 1 aliphatic heterocycles. The highest BCUT2D eigenvalue weighted by Gasteiger charge is 2.26. The zero-order valence-corrected chi connectivity index (χ0v) is 6.54. The Bertz CT molecular complexity index is 145. The van der Waals surface area contributed by atoms with Crippen molar-refractivity contribution in [3.8, 4) is 0 Å². The quantitative estimate of drug-likeness (QED) is 0.525. The second kappa shape index (κ2) is 3.69. The van der Waals surface area contributed by atoms with E-state index in [4.69, 9.17) is 0 Å². The molecule has 1 rings (SSSR count). The lowest BCUT2D eigenvalue weighted by atomic mass is 9.94. The van der Waals surface area contributed by atoms with Crippen LogP contribution in [0.3, 0.4) is 0 Å². The van der Waals surface area contributed by atoms with Crippen molar-refractivity contribution >= 4 is 5.97 Å². The first-order chi connectivity index (χ1) is 5.24. The molecule has 11 heavy (non-hydrogen) atoms. The highest BCUT2D eigenvalue weighted by Crippen LogP contribution is 2.12. The van der Waals surface area contributed by atoms with Crippen molar-refractivity contribution in [2.24, 2.45) is 5.92 Å². The van der Waals surface area contributed by atoms with Gasteiger partial charge >= 0.3 is 5.97 Å². The minimum Gasteiger partial charge on any atom is -0.469 e. The Balaban J connectivity index is 2.19. The molecule has 0 aromatic rings. The predicted molar refractivity (Wildman–Crippen MR) is 39.0 cm³/mol. The van der Waals surface area contributed by atoms with Crippen molar-refractivity contribution in [3.05, 3.63) is 0 Å². The highest BCUT2D eigenvalue weighted by atomic mass is 16.5. The van der Waals surface area contributed by atoms with Gasteiger partial charge in [-0.1, -0.05) is 0 Å². The maximum absolute atomic E-state index is 10.7. The number of esters is 1. The van der Waals surface area contributed by atoms with E-state index in [-0.39, 0.29) is 18.3 Å². The number of methoxy groups -OCH3 is 1. The van der Waals surface area contributed by atoms with E-state index in [1.165, 1.54) is 7.11 Å². The molecule has 4 nitrogen and oxygen atoms in total. The Morgan fingerprint density at radius 3 is 2.82 bits per heavy atom.